The smallest absolute Gasteiger partial charge is 0.344 e. The van der Waals surface area contributed by atoms with Gasteiger partial charge in [-0.3, -0.25) is 14.2 Å². The van der Waals surface area contributed by atoms with Gasteiger partial charge in [-0.1, -0.05) is 47.5 Å². The molecular formula is C14H29O7P. The highest BCUT2D eigenvalue weighted by molar-refractivity contribution is 7.55. The minimum atomic E-state index is -5.18. The van der Waals surface area contributed by atoms with Gasteiger partial charge in [-0.15, -0.1) is 0 Å². The zero-order valence-corrected chi connectivity index (χ0v) is 14.9. The van der Waals surface area contributed by atoms with Crippen molar-refractivity contribution in [3.8, 4) is 0 Å². The molecule has 0 aromatic rings. The normalized spacial score (nSPS) is 16.7. The molecule has 0 saturated heterocycles. The molecular weight excluding hydrogens is 311 g/mol. The van der Waals surface area contributed by atoms with Crippen LogP contribution >= 0.6 is 7.60 Å². The summed E-state index contributed by atoms with van der Waals surface area (Å²) in [6.07, 6.45) is 0.301. The third-order valence-electron chi connectivity index (χ3n) is 4.12. The Labute approximate surface area is 131 Å². The lowest BCUT2D eigenvalue weighted by atomic mass is 9.68. The van der Waals surface area contributed by atoms with Crippen molar-refractivity contribution in [3.05, 3.63) is 0 Å². The van der Waals surface area contributed by atoms with E-state index in [1.165, 1.54) is 13.8 Å². The van der Waals surface area contributed by atoms with Crippen molar-refractivity contribution in [3.63, 3.8) is 0 Å². The number of hydrogen-bond donors (Lipinski definition) is 4. The Morgan fingerprint density at radius 3 is 1.59 bits per heavy atom. The zero-order chi connectivity index (χ0) is 18.2. The maximum absolute atomic E-state index is 11.8. The van der Waals surface area contributed by atoms with Crippen LogP contribution in [0, 0.1) is 5.41 Å². The highest BCUT2D eigenvalue weighted by Gasteiger charge is 2.68. The molecule has 8 heteroatoms. The summed E-state index contributed by atoms with van der Waals surface area (Å²) in [6.45, 7) is 8.55. The average Bonchev–Trinajstić information content (AvgIpc) is 2.43. The van der Waals surface area contributed by atoms with E-state index in [0.717, 1.165) is 0 Å². The fraction of sp³-hybridized carbons (Fsp3) is 0.857. The topological polar surface area (TPSA) is 132 Å². The van der Waals surface area contributed by atoms with Crippen molar-refractivity contribution >= 4 is 19.5 Å². The van der Waals surface area contributed by atoms with Gasteiger partial charge in [-0.2, -0.15) is 0 Å². The van der Waals surface area contributed by atoms with Crippen LogP contribution in [0.2, 0.25) is 0 Å². The van der Waals surface area contributed by atoms with E-state index in [1.807, 2.05) is 13.8 Å². The fourth-order valence-electron chi connectivity index (χ4n) is 2.89. The Kier molecular flexibility index (Phi) is 9.85. The van der Waals surface area contributed by atoms with Gasteiger partial charge in [-0.05, 0) is 19.3 Å². The summed E-state index contributed by atoms with van der Waals surface area (Å²) in [5.41, 5.74) is -1.98. The Balaban J connectivity index is 0. The second kappa shape index (κ2) is 9.28. The van der Waals surface area contributed by atoms with Crippen molar-refractivity contribution in [1.29, 1.82) is 0 Å². The van der Waals surface area contributed by atoms with E-state index < -0.39 is 36.5 Å². The van der Waals surface area contributed by atoms with Crippen molar-refractivity contribution in [2.45, 2.75) is 71.9 Å². The molecule has 0 saturated carbocycles. The van der Waals surface area contributed by atoms with Crippen LogP contribution in [-0.4, -0.2) is 37.1 Å². The molecule has 0 aliphatic carbocycles. The van der Waals surface area contributed by atoms with Gasteiger partial charge >= 0.3 is 19.5 Å². The second-order valence-corrected chi connectivity index (χ2v) is 6.76. The Bertz CT molecular complexity index is 417. The molecule has 0 aromatic carbocycles. The predicted octanol–water partition coefficient (Wildman–Crippen LogP) is 3.09. The minimum Gasteiger partial charge on any atom is -0.481 e. The van der Waals surface area contributed by atoms with E-state index >= 15 is 0 Å². The van der Waals surface area contributed by atoms with Crippen LogP contribution in [-0.2, 0) is 14.2 Å². The first-order chi connectivity index (χ1) is 10.1. The third-order valence-corrected chi connectivity index (χ3v) is 6.05. The van der Waals surface area contributed by atoms with Crippen molar-refractivity contribution in [2.24, 2.45) is 5.41 Å². The maximum Gasteiger partial charge on any atom is 0.344 e. The highest BCUT2D eigenvalue weighted by atomic mass is 31.2. The lowest BCUT2D eigenvalue weighted by Crippen LogP contribution is -2.57. The summed E-state index contributed by atoms with van der Waals surface area (Å²) in [5.74, 6) is -3.23. The summed E-state index contributed by atoms with van der Waals surface area (Å²) in [5, 5.41) is 16.3. The predicted molar refractivity (Wildman–Crippen MR) is 83.9 cm³/mol. The first kappa shape index (κ1) is 23.4. The second-order valence-electron chi connectivity index (χ2n) is 4.91. The van der Waals surface area contributed by atoms with E-state index in [1.54, 1.807) is 6.92 Å². The standard InChI is InChI=1S/C12H23O7P.C2H6/c1-4-7-8-11(5-2,9(13)14)12(6-3,10(15)16)20(17,18)19;1-2/h4-8H2,1-3H3,(H,13,14)(H,15,16)(H2,17,18,19);1-2H3. The molecule has 7 nitrogen and oxygen atoms in total. The molecule has 0 bridgehead atoms. The van der Waals surface area contributed by atoms with E-state index in [2.05, 4.69) is 0 Å². The van der Waals surface area contributed by atoms with E-state index in [9.17, 15) is 34.2 Å². The molecule has 0 aromatic heterocycles. The lowest BCUT2D eigenvalue weighted by Gasteiger charge is -2.44. The maximum atomic E-state index is 11.8. The fourth-order valence-corrected chi connectivity index (χ4v) is 4.48. The molecule has 0 amide bonds. The van der Waals surface area contributed by atoms with Crippen molar-refractivity contribution < 1.29 is 34.2 Å². The molecule has 0 aliphatic heterocycles. The summed E-state index contributed by atoms with van der Waals surface area (Å²) in [7, 11) is -5.18. The largest absolute Gasteiger partial charge is 0.481 e. The van der Waals surface area contributed by atoms with Gasteiger partial charge in [0.05, 0.1) is 5.41 Å². The number of unbranched alkanes of at least 4 members (excludes halogenated alkanes) is 1. The number of carboxylic acid groups (broad SMARTS) is 2. The van der Waals surface area contributed by atoms with Crippen LogP contribution in [0.4, 0.5) is 0 Å². The summed E-state index contributed by atoms with van der Waals surface area (Å²) >= 11 is 0. The number of carboxylic acids is 2. The number of aliphatic carboxylic acids is 2. The van der Waals surface area contributed by atoms with Crippen LogP contribution < -0.4 is 0 Å². The first-order valence-corrected chi connectivity index (χ1v) is 9.21. The molecule has 2 atom stereocenters. The number of carbonyl (C=O) groups is 2. The van der Waals surface area contributed by atoms with Gasteiger partial charge < -0.3 is 20.0 Å². The molecule has 4 N–H and O–H groups in total. The van der Waals surface area contributed by atoms with Crippen LogP contribution in [0.5, 0.6) is 0 Å². The molecule has 0 rings (SSSR count). The van der Waals surface area contributed by atoms with Crippen LogP contribution in [0.25, 0.3) is 0 Å². The molecule has 0 heterocycles. The quantitative estimate of drug-likeness (QED) is 0.474. The Hall–Kier alpha value is -0.910. The van der Waals surface area contributed by atoms with Gasteiger partial charge in [0.15, 0.2) is 5.16 Å². The van der Waals surface area contributed by atoms with Crippen molar-refractivity contribution in [1.82, 2.24) is 0 Å². The van der Waals surface area contributed by atoms with Gasteiger partial charge in [0, 0.05) is 0 Å². The monoisotopic (exact) mass is 340 g/mol. The SMILES string of the molecule is CC.CCCCC(CC)(C(=O)O)C(CC)(C(=O)O)P(=O)(O)O. The van der Waals surface area contributed by atoms with E-state index in [4.69, 9.17) is 0 Å². The lowest BCUT2D eigenvalue weighted by molar-refractivity contribution is -0.162. The molecule has 0 spiro atoms. The van der Waals surface area contributed by atoms with Gasteiger partial charge in [0.2, 0.25) is 0 Å². The number of rotatable bonds is 9. The van der Waals surface area contributed by atoms with E-state index in [-0.39, 0.29) is 12.8 Å². The molecule has 0 fully saturated rings. The van der Waals surface area contributed by atoms with Crippen LogP contribution in [0.3, 0.4) is 0 Å². The van der Waals surface area contributed by atoms with Crippen LogP contribution in [0.1, 0.15) is 66.7 Å². The Morgan fingerprint density at radius 1 is 0.955 bits per heavy atom. The average molecular weight is 340 g/mol. The first-order valence-electron chi connectivity index (χ1n) is 7.59. The highest BCUT2D eigenvalue weighted by Crippen LogP contribution is 2.64. The summed E-state index contributed by atoms with van der Waals surface area (Å²) < 4.78 is 11.8. The van der Waals surface area contributed by atoms with E-state index in [0.29, 0.717) is 12.8 Å². The Morgan fingerprint density at radius 2 is 1.41 bits per heavy atom. The van der Waals surface area contributed by atoms with Crippen molar-refractivity contribution in [2.75, 3.05) is 0 Å². The molecule has 2 unspecified atom stereocenters. The zero-order valence-electron chi connectivity index (χ0n) is 14.0. The number of hydrogen-bond acceptors (Lipinski definition) is 3. The molecule has 22 heavy (non-hydrogen) atoms. The molecule has 0 radical (unpaired) electrons. The molecule has 132 valence electrons. The van der Waals surface area contributed by atoms with Crippen LogP contribution in [0.15, 0.2) is 0 Å². The molecule has 0 aliphatic rings. The minimum absolute atomic E-state index is 0.0828. The summed E-state index contributed by atoms with van der Waals surface area (Å²) in [4.78, 5) is 42.5. The van der Waals surface area contributed by atoms with Gasteiger partial charge in [0.1, 0.15) is 0 Å². The van der Waals surface area contributed by atoms with Gasteiger partial charge in [-0.25, -0.2) is 0 Å². The summed E-state index contributed by atoms with van der Waals surface area (Å²) in [6, 6.07) is 0. The third kappa shape index (κ3) is 3.89. The van der Waals surface area contributed by atoms with Gasteiger partial charge in [0.25, 0.3) is 0 Å².